The Balaban J connectivity index is 1.80. The predicted octanol–water partition coefficient (Wildman–Crippen LogP) is 4.65. The summed E-state index contributed by atoms with van der Waals surface area (Å²) in [5.74, 6) is -3.63. The van der Waals surface area contributed by atoms with E-state index < -0.39 is 36.0 Å². The van der Waals surface area contributed by atoms with E-state index in [0.29, 0.717) is 19.0 Å². The molecule has 1 aliphatic carbocycles. The van der Waals surface area contributed by atoms with Crippen LogP contribution < -0.4 is 5.32 Å². The minimum absolute atomic E-state index is 0.000587. The number of hydrogen-bond donors (Lipinski definition) is 1. The minimum Gasteiger partial charge on any atom is -0.425 e. The molecule has 0 aliphatic heterocycles. The molecule has 1 saturated carbocycles. The van der Waals surface area contributed by atoms with E-state index in [9.17, 15) is 35.9 Å². The molecule has 1 fully saturated rings. The Labute approximate surface area is 191 Å². The van der Waals surface area contributed by atoms with Crippen LogP contribution in [0.1, 0.15) is 24.6 Å². The monoisotopic (exact) mass is 506 g/mol. The summed E-state index contributed by atoms with van der Waals surface area (Å²) >= 11 is 6.12. The number of fused-ring (bicyclic) bond motifs is 1. The van der Waals surface area contributed by atoms with Crippen LogP contribution in [0.4, 0.5) is 26.3 Å². The number of halogens is 7. The van der Waals surface area contributed by atoms with Gasteiger partial charge in [-0.2, -0.15) is 26.3 Å². The van der Waals surface area contributed by atoms with Crippen LogP contribution in [0, 0.1) is 0 Å². The maximum Gasteiger partial charge on any atom is 0.491 e. The standard InChI is InChI=1S/C20H13ClF6N4O3/c21-13-8-31(17(16(32)30-12-1-2-12)34-18(33)20(25,26)27)14-4-10(6-29-15(13)14)9-3-11(7-28-5-9)19(22,23)24/h3-8,12,17H,1-2H2,(H,30,32). The number of alkyl halides is 6. The fourth-order valence-corrected chi connectivity index (χ4v) is 3.35. The molecule has 180 valence electrons. The van der Waals surface area contributed by atoms with Gasteiger partial charge >= 0.3 is 18.3 Å². The Hall–Kier alpha value is -3.35. The molecule has 0 bridgehead atoms. The molecule has 14 heteroatoms. The van der Waals surface area contributed by atoms with Crippen molar-refractivity contribution in [2.24, 2.45) is 0 Å². The van der Waals surface area contributed by atoms with Crippen LogP contribution in [-0.2, 0) is 20.5 Å². The summed E-state index contributed by atoms with van der Waals surface area (Å²) < 4.78 is 83.1. The maximum atomic E-state index is 13.1. The van der Waals surface area contributed by atoms with Gasteiger partial charge in [-0.05, 0) is 25.0 Å². The van der Waals surface area contributed by atoms with Crippen molar-refractivity contribution in [3.8, 4) is 11.1 Å². The summed E-state index contributed by atoms with van der Waals surface area (Å²) in [5, 5.41) is 2.36. The first-order valence-electron chi connectivity index (χ1n) is 9.61. The second-order valence-electron chi connectivity index (χ2n) is 7.47. The van der Waals surface area contributed by atoms with Crippen LogP contribution in [0.3, 0.4) is 0 Å². The quantitative estimate of drug-likeness (QED) is 0.402. The highest BCUT2D eigenvalue weighted by Crippen LogP contribution is 2.35. The van der Waals surface area contributed by atoms with Crippen molar-refractivity contribution in [3.63, 3.8) is 0 Å². The van der Waals surface area contributed by atoms with Gasteiger partial charge in [-0.1, -0.05) is 11.6 Å². The van der Waals surface area contributed by atoms with Crippen molar-refractivity contribution >= 4 is 34.5 Å². The van der Waals surface area contributed by atoms with Crippen molar-refractivity contribution < 1.29 is 40.7 Å². The second-order valence-corrected chi connectivity index (χ2v) is 7.88. The fourth-order valence-electron chi connectivity index (χ4n) is 3.10. The number of hydrogen-bond acceptors (Lipinski definition) is 5. The summed E-state index contributed by atoms with van der Waals surface area (Å²) in [6.45, 7) is 0. The zero-order valence-corrected chi connectivity index (χ0v) is 17.5. The smallest absolute Gasteiger partial charge is 0.425 e. The predicted molar refractivity (Wildman–Crippen MR) is 105 cm³/mol. The summed E-state index contributed by atoms with van der Waals surface area (Å²) in [6, 6.07) is 1.79. The first-order valence-corrected chi connectivity index (χ1v) is 9.99. The van der Waals surface area contributed by atoms with Gasteiger partial charge in [0, 0.05) is 42.0 Å². The molecular formula is C20H13ClF6N4O3. The zero-order valence-electron chi connectivity index (χ0n) is 16.7. The largest absolute Gasteiger partial charge is 0.491 e. The molecule has 3 heterocycles. The number of ether oxygens (including phenoxy) is 1. The van der Waals surface area contributed by atoms with E-state index in [-0.39, 0.29) is 33.2 Å². The molecule has 1 amide bonds. The molecular weight excluding hydrogens is 494 g/mol. The lowest BCUT2D eigenvalue weighted by molar-refractivity contribution is -0.209. The van der Waals surface area contributed by atoms with E-state index in [1.807, 2.05) is 0 Å². The molecule has 4 rings (SSSR count). The van der Waals surface area contributed by atoms with Crippen LogP contribution in [-0.4, -0.2) is 38.6 Å². The third-order valence-electron chi connectivity index (χ3n) is 4.87. The fraction of sp³-hybridized carbons (Fsp3) is 0.300. The van der Waals surface area contributed by atoms with Gasteiger partial charge in [-0.25, -0.2) is 4.79 Å². The van der Waals surface area contributed by atoms with Crippen molar-refractivity contribution in [1.82, 2.24) is 19.9 Å². The molecule has 7 nitrogen and oxygen atoms in total. The number of nitrogens with zero attached hydrogens (tertiary/aromatic N) is 3. The highest BCUT2D eigenvalue weighted by molar-refractivity contribution is 6.35. The summed E-state index contributed by atoms with van der Waals surface area (Å²) in [5.41, 5.74) is -0.951. The average Bonchev–Trinajstić information content (AvgIpc) is 3.52. The molecule has 0 spiro atoms. The SMILES string of the molecule is O=C(NC1CC1)C(OC(=O)C(F)(F)F)n1cc(Cl)c2ncc(-c3cncc(C(F)(F)F)c3)cc21. The highest BCUT2D eigenvalue weighted by Gasteiger charge is 2.44. The van der Waals surface area contributed by atoms with E-state index >= 15 is 0 Å². The Kier molecular flexibility index (Phi) is 5.92. The first-order chi connectivity index (χ1) is 15.8. The summed E-state index contributed by atoms with van der Waals surface area (Å²) in [4.78, 5) is 31.8. The molecule has 0 aromatic carbocycles. The van der Waals surface area contributed by atoms with Crippen molar-refractivity contribution in [3.05, 3.63) is 47.5 Å². The van der Waals surface area contributed by atoms with E-state index in [1.54, 1.807) is 0 Å². The third-order valence-corrected chi connectivity index (χ3v) is 5.15. The van der Waals surface area contributed by atoms with E-state index in [0.717, 1.165) is 23.0 Å². The van der Waals surface area contributed by atoms with Gasteiger partial charge in [0.25, 0.3) is 12.1 Å². The number of esters is 1. The molecule has 0 radical (unpaired) electrons. The van der Waals surface area contributed by atoms with Crippen LogP contribution in [0.5, 0.6) is 0 Å². The third kappa shape index (κ3) is 4.93. The van der Waals surface area contributed by atoms with Gasteiger partial charge in [-0.3, -0.25) is 14.8 Å². The number of aromatic nitrogens is 3. The van der Waals surface area contributed by atoms with Crippen molar-refractivity contribution in [1.29, 1.82) is 0 Å². The van der Waals surface area contributed by atoms with Gasteiger partial charge in [0.15, 0.2) is 0 Å². The highest BCUT2D eigenvalue weighted by atomic mass is 35.5. The number of carbonyl (C=O) groups is 2. The lowest BCUT2D eigenvalue weighted by Crippen LogP contribution is -2.39. The number of pyridine rings is 2. The molecule has 3 aromatic rings. The lowest BCUT2D eigenvalue weighted by Gasteiger charge is -2.20. The minimum atomic E-state index is -5.38. The number of amides is 1. The van der Waals surface area contributed by atoms with Crippen molar-refractivity contribution in [2.45, 2.75) is 37.5 Å². The molecule has 3 aromatic heterocycles. The van der Waals surface area contributed by atoms with Crippen molar-refractivity contribution in [2.75, 3.05) is 0 Å². The molecule has 1 N–H and O–H groups in total. The summed E-state index contributed by atoms with van der Waals surface area (Å²) in [6.07, 6.45) is -6.93. The molecule has 1 atom stereocenters. The second kappa shape index (κ2) is 8.46. The van der Waals surface area contributed by atoms with Gasteiger partial charge < -0.3 is 14.6 Å². The van der Waals surface area contributed by atoms with E-state index in [4.69, 9.17) is 11.6 Å². The lowest BCUT2D eigenvalue weighted by atomic mass is 10.1. The average molecular weight is 507 g/mol. The Morgan fingerprint density at radius 3 is 2.38 bits per heavy atom. The summed E-state index contributed by atoms with van der Waals surface area (Å²) in [7, 11) is 0. The van der Waals surface area contributed by atoms with E-state index in [2.05, 4.69) is 20.0 Å². The van der Waals surface area contributed by atoms with Crippen LogP contribution in [0.2, 0.25) is 5.02 Å². The number of nitrogens with one attached hydrogen (secondary N) is 1. The van der Waals surface area contributed by atoms with Gasteiger partial charge in [0.2, 0.25) is 0 Å². The Morgan fingerprint density at radius 2 is 1.76 bits per heavy atom. The normalized spacial score (nSPS) is 15.3. The van der Waals surface area contributed by atoms with Crippen LogP contribution in [0.15, 0.2) is 36.9 Å². The molecule has 34 heavy (non-hydrogen) atoms. The Bertz CT molecular complexity index is 1270. The van der Waals surface area contributed by atoms with Crippen LogP contribution in [0.25, 0.3) is 22.2 Å². The molecule has 1 unspecified atom stereocenters. The van der Waals surface area contributed by atoms with Crippen LogP contribution >= 0.6 is 11.6 Å². The first kappa shape index (κ1) is 23.8. The number of carbonyl (C=O) groups excluding carboxylic acids is 2. The van der Waals surface area contributed by atoms with Gasteiger partial charge in [0.1, 0.15) is 5.52 Å². The maximum absolute atomic E-state index is 13.1. The topological polar surface area (TPSA) is 86.1 Å². The zero-order chi connectivity index (χ0) is 24.8. The molecule has 1 aliphatic rings. The van der Waals surface area contributed by atoms with Gasteiger partial charge in [-0.15, -0.1) is 0 Å². The van der Waals surface area contributed by atoms with E-state index in [1.165, 1.54) is 12.3 Å². The van der Waals surface area contributed by atoms with Gasteiger partial charge in [0.05, 0.1) is 16.1 Å². The Morgan fingerprint density at radius 1 is 1.09 bits per heavy atom. The molecule has 0 saturated heterocycles. The number of rotatable bonds is 5.